The van der Waals surface area contributed by atoms with Crippen molar-refractivity contribution >= 4 is 17.0 Å². The Morgan fingerprint density at radius 2 is 1.89 bits per heavy atom. The van der Waals surface area contributed by atoms with Gasteiger partial charge >= 0.3 is 0 Å². The van der Waals surface area contributed by atoms with Crippen LogP contribution in [0.4, 0.5) is 5.82 Å². The highest BCUT2D eigenvalue weighted by molar-refractivity contribution is 5.83. The van der Waals surface area contributed by atoms with E-state index in [4.69, 9.17) is 15.0 Å². The molecule has 0 unspecified atom stereocenters. The maximum atomic E-state index is 9.33. The van der Waals surface area contributed by atoms with Gasteiger partial charge in [0.2, 0.25) is 0 Å². The summed E-state index contributed by atoms with van der Waals surface area (Å²) in [5, 5.41) is 12.6. The van der Waals surface area contributed by atoms with E-state index in [9.17, 15) is 5.11 Å². The molecule has 0 bridgehead atoms. The fourth-order valence-corrected chi connectivity index (χ4v) is 3.58. The van der Waals surface area contributed by atoms with Gasteiger partial charge in [-0.2, -0.15) is 0 Å². The predicted octanol–water partition coefficient (Wildman–Crippen LogP) is 4.24. The van der Waals surface area contributed by atoms with Crippen LogP contribution in [0.2, 0.25) is 0 Å². The average Bonchev–Trinajstić information content (AvgIpc) is 3.02. The first-order valence-corrected chi connectivity index (χ1v) is 10.1. The van der Waals surface area contributed by atoms with Gasteiger partial charge in [0.05, 0.1) is 11.4 Å². The molecule has 0 aliphatic carbocycles. The van der Waals surface area contributed by atoms with E-state index in [1.165, 1.54) is 0 Å². The number of pyridine rings is 1. The topological polar surface area (TPSA) is 75.9 Å². The van der Waals surface area contributed by atoms with E-state index < -0.39 is 0 Å². The molecular formula is C22H31N5O. The fraction of sp³-hybridized carbons (Fsp3) is 0.500. The molecule has 6 nitrogen and oxygen atoms in total. The second-order valence-electron chi connectivity index (χ2n) is 7.69. The molecule has 0 amide bonds. The SMILES string of the molecule is CCc1nc2c([C@@H](C)CCO)cn(C)c2nc1-c1ccc(C(C)C)nc1NC. The Morgan fingerprint density at radius 1 is 1.14 bits per heavy atom. The number of rotatable bonds is 7. The summed E-state index contributed by atoms with van der Waals surface area (Å²) in [6.07, 6.45) is 3.60. The van der Waals surface area contributed by atoms with Crippen molar-refractivity contribution in [2.24, 2.45) is 7.05 Å². The Labute approximate surface area is 167 Å². The van der Waals surface area contributed by atoms with Crippen LogP contribution >= 0.6 is 0 Å². The lowest BCUT2D eigenvalue weighted by Crippen LogP contribution is -2.05. The van der Waals surface area contributed by atoms with Gasteiger partial charge in [-0.25, -0.2) is 15.0 Å². The Hall–Kier alpha value is -2.47. The molecule has 0 spiro atoms. The smallest absolute Gasteiger partial charge is 0.159 e. The van der Waals surface area contributed by atoms with Crippen LogP contribution in [0.15, 0.2) is 18.3 Å². The summed E-state index contributed by atoms with van der Waals surface area (Å²) in [6, 6.07) is 4.17. The van der Waals surface area contributed by atoms with E-state index in [0.29, 0.717) is 12.3 Å². The molecule has 0 saturated carbocycles. The standard InChI is InChI=1S/C22H31N5O/c1-7-17-19(15-8-9-18(13(2)3)25-21(15)23-5)26-22-20(24-17)16(12-27(22)6)14(4)10-11-28/h8-9,12-14,28H,7,10-11H2,1-6H3,(H,23,25)/t14-/m0/s1. The minimum atomic E-state index is 0.170. The summed E-state index contributed by atoms with van der Waals surface area (Å²) in [5.74, 6) is 1.43. The van der Waals surface area contributed by atoms with Crippen LogP contribution in [-0.2, 0) is 13.5 Å². The Balaban J connectivity index is 2.21. The zero-order valence-electron chi connectivity index (χ0n) is 17.7. The summed E-state index contributed by atoms with van der Waals surface area (Å²) in [4.78, 5) is 14.8. The fourth-order valence-electron chi connectivity index (χ4n) is 3.58. The molecule has 6 heteroatoms. The highest BCUT2D eigenvalue weighted by atomic mass is 16.3. The highest BCUT2D eigenvalue weighted by Gasteiger charge is 2.20. The molecule has 0 aromatic carbocycles. The average molecular weight is 382 g/mol. The number of anilines is 1. The predicted molar refractivity (Wildman–Crippen MR) is 115 cm³/mol. The molecule has 0 aliphatic heterocycles. The van der Waals surface area contributed by atoms with E-state index in [1.54, 1.807) is 0 Å². The summed E-state index contributed by atoms with van der Waals surface area (Å²) < 4.78 is 2.03. The maximum absolute atomic E-state index is 9.33. The monoisotopic (exact) mass is 381 g/mol. The summed E-state index contributed by atoms with van der Waals surface area (Å²) in [7, 11) is 3.89. The molecule has 28 heavy (non-hydrogen) atoms. The van der Waals surface area contributed by atoms with E-state index >= 15 is 0 Å². The summed E-state index contributed by atoms with van der Waals surface area (Å²) >= 11 is 0. The lowest BCUT2D eigenvalue weighted by Gasteiger charge is -2.14. The molecule has 3 aromatic heterocycles. The molecule has 3 aromatic rings. The molecule has 0 radical (unpaired) electrons. The largest absolute Gasteiger partial charge is 0.396 e. The third kappa shape index (κ3) is 3.61. The van der Waals surface area contributed by atoms with Gasteiger partial charge in [-0.05, 0) is 36.8 Å². The van der Waals surface area contributed by atoms with Crippen molar-refractivity contribution in [1.29, 1.82) is 0 Å². The van der Waals surface area contributed by atoms with Crippen LogP contribution in [0, 0.1) is 0 Å². The van der Waals surface area contributed by atoms with E-state index in [-0.39, 0.29) is 12.5 Å². The van der Waals surface area contributed by atoms with E-state index in [2.05, 4.69) is 51.3 Å². The molecule has 1 atom stereocenters. The van der Waals surface area contributed by atoms with Gasteiger partial charge in [-0.3, -0.25) is 0 Å². The van der Waals surface area contributed by atoms with E-state index in [1.807, 2.05) is 18.7 Å². The van der Waals surface area contributed by atoms with Crippen LogP contribution < -0.4 is 5.32 Å². The Kier molecular flexibility index (Phi) is 5.98. The minimum Gasteiger partial charge on any atom is -0.396 e. The molecule has 150 valence electrons. The normalized spacial score (nSPS) is 12.7. The molecule has 0 saturated heterocycles. The second kappa shape index (κ2) is 8.27. The number of aliphatic hydroxyl groups excluding tert-OH is 1. The number of aromatic nitrogens is 4. The summed E-state index contributed by atoms with van der Waals surface area (Å²) in [6.45, 7) is 8.69. The van der Waals surface area contributed by atoms with Gasteiger partial charge in [0.1, 0.15) is 11.3 Å². The van der Waals surface area contributed by atoms with E-state index in [0.717, 1.165) is 51.6 Å². The lowest BCUT2D eigenvalue weighted by molar-refractivity contribution is 0.279. The van der Waals surface area contributed by atoms with Crippen molar-refractivity contribution in [3.63, 3.8) is 0 Å². The van der Waals surface area contributed by atoms with Gasteiger partial charge < -0.3 is 15.0 Å². The van der Waals surface area contributed by atoms with Crippen LogP contribution in [0.5, 0.6) is 0 Å². The van der Waals surface area contributed by atoms with Crippen molar-refractivity contribution in [2.45, 2.75) is 52.4 Å². The second-order valence-corrected chi connectivity index (χ2v) is 7.69. The van der Waals surface area contributed by atoms with Gasteiger partial charge in [0.25, 0.3) is 0 Å². The van der Waals surface area contributed by atoms with Crippen molar-refractivity contribution in [3.8, 4) is 11.3 Å². The first-order valence-electron chi connectivity index (χ1n) is 10.1. The molecule has 3 heterocycles. The van der Waals surface area contributed by atoms with Crippen LogP contribution in [0.3, 0.4) is 0 Å². The first kappa shape index (κ1) is 20.3. The van der Waals surface area contributed by atoms with Gasteiger partial charge in [0, 0.05) is 43.7 Å². The molecule has 0 aliphatic rings. The Bertz CT molecular complexity index is 977. The maximum Gasteiger partial charge on any atom is 0.159 e. The third-order valence-corrected chi connectivity index (χ3v) is 5.32. The number of hydrogen-bond donors (Lipinski definition) is 2. The molecule has 3 rings (SSSR count). The Morgan fingerprint density at radius 3 is 2.50 bits per heavy atom. The van der Waals surface area contributed by atoms with Gasteiger partial charge in [-0.15, -0.1) is 0 Å². The van der Waals surface area contributed by atoms with Crippen LogP contribution in [0.1, 0.15) is 62.9 Å². The number of aryl methyl sites for hydroxylation is 2. The van der Waals surface area contributed by atoms with Crippen molar-refractivity contribution in [2.75, 3.05) is 19.0 Å². The van der Waals surface area contributed by atoms with Crippen LogP contribution in [-0.4, -0.2) is 38.3 Å². The number of aliphatic hydroxyl groups is 1. The number of nitrogens with one attached hydrogen (secondary N) is 1. The lowest BCUT2D eigenvalue weighted by atomic mass is 10.00. The zero-order chi connectivity index (χ0) is 20.4. The van der Waals surface area contributed by atoms with Gasteiger partial charge in [-0.1, -0.05) is 27.7 Å². The van der Waals surface area contributed by atoms with Gasteiger partial charge in [0.15, 0.2) is 5.65 Å². The van der Waals surface area contributed by atoms with Crippen molar-refractivity contribution < 1.29 is 5.11 Å². The number of nitrogens with zero attached hydrogens (tertiary/aromatic N) is 4. The molecule has 0 fully saturated rings. The number of hydrogen-bond acceptors (Lipinski definition) is 5. The summed E-state index contributed by atoms with van der Waals surface area (Å²) in [5.41, 5.74) is 6.81. The molecule has 2 N–H and O–H groups in total. The third-order valence-electron chi connectivity index (χ3n) is 5.32. The number of fused-ring (bicyclic) bond motifs is 1. The van der Waals surface area contributed by atoms with Crippen molar-refractivity contribution in [1.82, 2.24) is 19.5 Å². The molecular weight excluding hydrogens is 350 g/mol. The van der Waals surface area contributed by atoms with Crippen molar-refractivity contribution in [3.05, 3.63) is 35.3 Å². The first-order chi connectivity index (χ1) is 13.4. The van der Waals surface area contributed by atoms with Crippen LogP contribution in [0.25, 0.3) is 22.4 Å². The quantitative estimate of drug-likeness (QED) is 0.640. The highest BCUT2D eigenvalue weighted by Crippen LogP contribution is 2.33. The zero-order valence-corrected chi connectivity index (χ0v) is 17.7. The minimum absolute atomic E-state index is 0.170.